The second-order valence-corrected chi connectivity index (χ2v) is 6.55. The molecule has 0 aromatic rings. The van der Waals surface area contributed by atoms with E-state index < -0.39 is 0 Å². The van der Waals surface area contributed by atoms with Gasteiger partial charge in [-0.25, -0.2) is 0 Å². The lowest BCUT2D eigenvalue weighted by atomic mass is 10.0. The van der Waals surface area contributed by atoms with E-state index in [2.05, 4.69) is 38.3 Å². The lowest BCUT2D eigenvalue weighted by Crippen LogP contribution is -2.41. The van der Waals surface area contributed by atoms with Crippen molar-refractivity contribution >= 4 is 5.91 Å². The SMILES string of the molecule is COCC(C)NC(=O)CNCC1C(C)(C)C1(C)C. The number of amides is 1. The number of hydrogen-bond donors (Lipinski definition) is 2. The van der Waals surface area contributed by atoms with Crippen LogP contribution in [0.25, 0.3) is 0 Å². The van der Waals surface area contributed by atoms with Crippen LogP contribution in [0, 0.1) is 16.7 Å². The molecule has 0 bridgehead atoms. The third kappa shape index (κ3) is 3.23. The molecule has 0 heterocycles. The Bertz CT molecular complexity index is 286. The van der Waals surface area contributed by atoms with E-state index in [1.165, 1.54) is 0 Å². The lowest BCUT2D eigenvalue weighted by molar-refractivity contribution is -0.121. The molecule has 1 fully saturated rings. The van der Waals surface area contributed by atoms with Crippen molar-refractivity contribution in [3.05, 3.63) is 0 Å². The second kappa shape index (κ2) is 5.57. The molecule has 1 saturated carbocycles. The summed E-state index contributed by atoms with van der Waals surface area (Å²) in [5.41, 5.74) is 0.750. The Balaban J connectivity index is 2.18. The first kappa shape index (κ1) is 15.4. The molecule has 1 atom stereocenters. The molecule has 2 N–H and O–H groups in total. The minimum atomic E-state index is 0.0378. The minimum Gasteiger partial charge on any atom is -0.383 e. The highest BCUT2D eigenvalue weighted by Crippen LogP contribution is 2.67. The molecule has 1 aliphatic carbocycles. The average Bonchev–Trinajstić information content (AvgIpc) is 2.60. The molecule has 0 spiro atoms. The topological polar surface area (TPSA) is 50.4 Å². The van der Waals surface area contributed by atoms with Gasteiger partial charge in [-0.3, -0.25) is 4.79 Å². The number of rotatable bonds is 7. The van der Waals surface area contributed by atoms with Crippen molar-refractivity contribution in [3.8, 4) is 0 Å². The van der Waals surface area contributed by atoms with Gasteiger partial charge in [0.1, 0.15) is 0 Å². The molecule has 4 heteroatoms. The van der Waals surface area contributed by atoms with Crippen molar-refractivity contribution in [2.45, 2.75) is 40.7 Å². The highest BCUT2D eigenvalue weighted by Gasteiger charge is 2.63. The lowest BCUT2D eigenvalue weighted by Gasteiger charge is -2.13. The van der Waals surface area contributed by atoms with Crippen molar-refractivity contribution in [3.63, 3.8) is 0 Å². The number of methoxy groups -OCH3 is 1. The smallest absolute Gasteiger partial charge is 0.234 e. The van der Waals surface area contributed by atoms with Crippen LogP contribution in [-0.2, 0) is 9.53 Å². The van der Waals surface area contributed by atoms with Crippen LogP contribution in [0.4, 0.5) is 0 Å². The van der Waals surface area contributed by atoms with Crippen molar-refractivity contribution in [2.24, 2.45) is 16.7 Å². The molecule has 0 aromatic carbocycles. The Morgan fingerprint density at radius 3 is 2.28 bits per heavy atom. The van der Waals surface area contributed by atoms with Crippen molar-refractivity contribution in [1.29, 1.82) is 0 Å². The molecule has 0 aromatic heterocycles. The van der Waals surface area contributed by atoms with Gasteiger partial charge >= 0.3 is 0 Å². The maximum absolute atomic E-state index is 11.6. The maximum atomic E-state index is 11.6. The number of carbonyl (C=O) groups excluding carboxylic acids is 1. The summed E-state index contributed by atoms with van der Waals surface area (Å²) < 4.78 is 4.98. The van der Waals surface area contributed by atoms with Gasteiger partial charge in [0.15, 0.2) is 0 Å². The highest BCUT2D eigenvalue weighted by molar-refractivity contribution is 5.78. The van der Waals surface area contributed by atoms with Crippen LogP contribution in [0.5, 0.6) is 0 Å². The predicted octanol–water partition coefficient (Wildman–Crippen LogP) is 1.41. The number of ether oxygens (including phenoxy) is 1. The molecule has 1 unspecified atom stereocenters. The van der Waals surface area contributed by atoms with Gasteiger partial charge in [0.2, 0.25) is 5.91 Å². The molecule has 1 aliphatic rings. The van der Waals surface area contributed by atoms with Gasteiger partial charge in [0, 0.05) is 13.2 Å². The van der Waals surface area contributed by atoms with E-state index in [0.29, 0.717) is 29.9 Å². The molecule has 1 amide bonds. The molecule has 18 heavy (non-hydrogen) atoms. The molecule has 0 saturated heterocycles. The van der Waals surface area contributed by atoms with Crippen LogP contribution in [0.3, 0.4) is 0 Å². The summed E-state index contributed by atoms with van der Waals surface area (Å²) in [5, 5.41) is 6.14. The van der Waals surface area contributed by atoms with Crippen molar-refractivity contribution in [1.82, 2.24) is 10.6 Å². The van der Waals surface area contributed by atoms with Gasteiger partial charge in [-0.2, -0.15) is 0 Å². The van der Waals surface area contributed by atoms with Crippen LogP contribution in [0.15, 0.2) is 0 Å². The fourth-order valence-corrected chi connectivity index (χ4v) is 2.79. The summed E-state index contributed by atoms with van der Waals surface area (Å²) in [7, 11) is 1.64. The number of hydrogen-bond acceptors (Lipinski definition) is 3. The Labute approximate surface area is 111 Å². The summed E-state index contributed by atoms with van der Waals surface area (Å²) in [6, 6.07) is 0.0677. The van der Waals surface area contributed by atoms with Crippen LogP contribution in [-0.4, -0.2) is 38.8 Å². The van der Waals surface area contributed by atoms with Crippen LogP contribution < -0.4 is 10.6 Å². The standard InChI is InChI=1S/C14H28N2O2/c1-10(9-18-6)16-12(17)8-15-7-11-13(2,3)14(11,4)5/h10-11,15H,7-9H2,1-6H3,(H,16,17). The van der Waals surface area contributed by atoms with Gasteiger partial charge < -0.3 is 15.4 Å². The predicted molar refractivity (Wildman–Crippen MR) is 73.4 cm³/mol. The first-order valence-corrected chi connectivity index (χ1v) is 6.72. The summed E-state index contributed by atoms with van der Waals surface area (Å²) in [6.07, 6.45) is 0. The molecular weight excluding hydrogens is 228 g/mol. The fourth-order valence-electron chi connectivity index (χ4n) is 2.79. The van der Waals surface area contributed by atoms with E-state index >= 15 is 0 Å². The molecule has 106 valence electrons. The summed E-state index contributed by atoms with van der Waals surface area (Å²) in [5.74, 6) is 0.685. The largest absolute Gasteiger partial charge is 0.383 e. The van der Waals surface area contributed by atoms with E-state index in [0.717, 1.165) is 6.54 Å². The first-order chi connectivity index (χ1) is 8.23. The van der Waals surface area contributed by atoms with E-state index in [9.17, 15) is 4.79 Å². The van der Waals surface area contributed by atoms with E-state index in [1.807, 2.05) is 6.92 Å². The molecule has 0 radical (unpaired) electrons. The van der Waals surface area contributed by atoms with Crippen molar-refractivity contribution in [2.75, 3.05) is 26.8 Å². The van der Waals surface area contributed by atoms with Crippen LogP contribution >= 0.6 is 0 Å². The average molecular weight is 256 g/mol. The monoisotopic (exact) mass is 256 g/mol. The third-order valence-corrected chi connectivity index (χ3v) is 4.78. The van der Waals surface area contributed by atoms with Gasteiger partial charge in [0.05, 0.1) is 13.2 Å². The summed E-state index contributed by atoms with van der Waals surface area (Å²) >= 11 is 0. The Morgan fingerprint density at radius 2 is 1.83 bits per heavy atom. The fraction of sp³-hybridized carbons (Fsp3) is 0.929. The molecule has 0 aliphatic heterocycles. The normalized spacial score (nSPS) is 22.6. The maximum Gasteiger partial charge on any atom is 0.234 e. The van der Waals surface area contributed by atoms with E-state index in [4.69, 9.17) is 4.74 Å². The second-order valence-electron chi connectivity index (χ2n) is 6.55. The third-order valence-electron chi connectivity index (χ3n) is 4.78. The first-order valence-electron chi connectivity index (χ1n) is 6.72. The van der Waals surface area contributed by atoms with Gasteiger partial charge in [-0.05, 0) is 30.2 Å². The molecule has 4 nitrogen and oxygen atoms in total. The summed E-state index contributed by atoms with van der Waals surface area (Å²) in [4.78, 5) is 11.6. The Morgan fingerprint density at radius 1 is 1.28 bits per heavy atom. The van der Waals surface area contributed by atoms with Crippen LogP contribution in [0.1, 0.15) is 34.6 Å². The summed E-state index contributed by atoms with van der Waals surface area (Å²) in [6.45, 7) is 13.0. The minimum absolute atomic E-state index is 0.0378. The zero-order valence-corrected chi connectivity index (χ0v) is 12.6. The Hall–Kier alpha value is -0.610. The van der Waals surface area contributed by atoms with Crippen molar-refractivity contribution < 1.29 is 9.53 Å². The van der Waals surface area contributed by atoms with Gasteiger partial charge in [0.25, 0.3) is 0 Å². The van der Waals surface area contributed by atoms with Gasteiger partial charge in [-0.1, -0.05) is 27.7 Å². The number of nitrogens with one attached hydrogen (secondary N) is 2. The Kier molecular flexibility index (Phi) is 4.78. The quantitative estimate of drug-likeness (QED) is 0.724. The van der Waals surface area contributed by atoms with Gasteiger partial charge in [-0.15, -0.1) is 0 Å². The zero-order valence-electron chi connectivity index (χ0n) is 12.6. The zero-order chi connectivity index (χ0) is 14.0. The highest BCUT2D eigenvalue weighted by atomic mass is 16.5. The molecular formula is C14H28N2O2. The number of carbonyl (C=O) groups is 1. The van der Waals surface area contributed by atoms with E-state index in [1.54, 1.807) is 7.11 Å². The molecule has 1 rings (SSSR count). The van der Waals surface area contributed by atoms with Crippen LogP contribution in [0.2, 0.25) is 0 Å². The van der Waals surface area contributed by atoms with E-state index in [-0.39, 0.29) is 11.9 Å².